The van der Waals surface area contributed by atoms with Crippen LogP contribution in [0.2, 0.25) is 0 Å². The number of aromatic carboxylic acids is 1. The minimum Gasteiger partial charge on any atom is -0.544 e. The quantitative estimate of drug-likeness (QED) is 0.845. The highest BCUT2D eigenvalue weighted by Crippen LogP contribution is 2.31. The van der Waals surface area contributed by atoms with Gasteiger partial charge in [0.25, 0.3) is 0 Å². The fourth-order valence-electron chi connectivity index (χ4n) is 1.84. The van der Waals surface area contributed by atoms with Gasteiger partial charge < -0.3 is 14.6 Å². The Kier molecular flexibility index (Phi) is 4.78. The lowest BCUT2D eigenvalue weighted by Crippen LogP contribution is -2.21. The summed E-state index contributed by atoms with van der Waals surface area (Å²) in [6, 6.07) is 7.24. The molecule has 1 aromatic carbocycles. The Morgan fingerprint density at radius 1 is 1.50 bits per heavy atom. The number of rotatable bonds is 5. The van der Waals surface area contributed by atoms with Crippen molar-refractivity contribution < 1.29 is 14.6 Å². The Bertz CT molecular complexity index is 744. The molecule has 0 amide bonds. The normalized spacial score (nSPS) is 10.5. The van der Waals surface area contributed by atoms with Crippen molar-refractivity contribution in [2.75, 3.05) is 6.61 Å². The van der Waals surface area contributed by atoms with Crippen LogP contribution >= 0.6 is 11.3 Å². The summed E-state index contributed by atoms with van der Waals surface area (Å²) < 4.78 is 5.60. The number of hydrogen-bond acceptors (Lipinski definition) is 6. The Balaban J connectivity index is 2.35. The Labute approximate surface area is 132 Å². The molecule has 0 atom stereocenters. The molecule has 0 saturated carbocycles. The molecule has 22 heavy (non-hydrogen) atoms. The molecule has 0 aliphatic carbocycles. The predicted molar refractivity (Wildman–Crippen MR) is 81.7 cm³/mol. The average Bonchev–Trinajstić information content (AvgIpc) is 2.87. The van der Waals surface area contributed by atoms with Crippen molar-refractivity contribution in [2.45, 2.75) is 20.8 Å². The van der Waals surface area contributed by atoms with E-state index in [0.717, 1.165) is 11.3 Å². The van der Waals surface area contributed by atoms with E-state index in [2.05, 4.69) is 11.1 Å². The van der Waals surface area contributed by atoms with Crippen LogP contribution in [0.15, 0.2) is 18.2 Å². The van der Waals surface area contributed by atoms with Crippen molar-refractivity contribution >= 4 is 17.3 Å². The van der Waals surface area contributed by atoms with Crippen LogP contribution < -0.4 is 9.84 Å². The van der Waals surface area contributed by atoms with Crippen LogP contribution in [-0.2, 0) is 0 Å². The molecule has 0 fully saturated rings. The van der Waals surface area contributed by atoms with Crippen molar-refractivity contribution in [1.82, 2.24) is 4.98 Å². The number of benzene rings is 1. The fraction of sp³-hybridized carbons (Fsp3) is 0.312. The number of ether oxygens (including phenoxy) is 1. The van der Waals surface area contributed by atoms with Gasteiger partial charge in [-0.1, -0.05) is 13.8 Å². The van der Waals surface area contributed by atoms with Crippen molar-refractivity contribution in [3.8, 4) is 22.4 Å². The van der Waals surface area contributed by atoms with E-state index in [0.29, 0.717) is 40.1 Å². The third-order valence-corrected chi connectivity index (χ3v) is 4.09. The minimum absolute atomic E-state index is 0.105. The van der Waals surface area contributed by atoms with E-state index in [-0.39, 0.29) is 4.88 Å². The second kappa shape index (κ2) is 6.58. The van der Waals surface area contributed by atoms with Crippen LogP contribution in [0.3, 0.4) is 0 Å². The first kappa shape index (κ1) is 16.0. The number of carboxylic acids is 1. The van der Waals surface area contributed by atoms with Crippen LogP contribution in [0.5, 0.6) is 5.75 Å². The highest BCUT2D eigenvalue weighted by atomic mass is 32.1. The standard InChI is InChI=1S/C16H16N2O3S/c1-9(2)8-21-13-5-4-11(6-12(13)7-17)15-18-10(3)14(22-15)16(19)20/h4-6,9H,8H2,1-3H3,(H,19,20)/p-1. The highest BCUT2D eigenvalue weighted by molar-refractivity contribution is 7.17. The first-order valence-electron chi connectivity index (χ1n) is 6.78. The highest BCUT2D eigenvalue weighted by Gasteiger charge is 2.13. The molecule has 114 valence electrons. The second-order valence-corrected chi connectivity index (χ2v) is 6.25. The smallest absolute Gasteiger partial charge is 0.137 e. The van der Waals surface area contributed by atoms with E-state index in [9.17, 15) is 15.2 Å². The fourth-order valence-corrected chi connectivity index (χ4v) is 2.74. The van der Waals surface area contributed by atoms with Gasteiger partial charge in [-0.15, -0.1) is 11.3 Å². The minimum atomic E-state index is -1.24. The maximum absolute atomic E-state index is 11.0. The van der Waals surface area contributed by atoms with Crippen molar-refractivity contribution in [2.24, 2.45) is 5.92 Å². The summed E-state index contributed by atoms with van der Waals surface area (Å²) in [4.78, 5) is 15.3. The SMILES string of the molecule is Cc1nc(-c2ccc(OCC(C)C)c(C#N)c2)sc1C(=O)[O-]. The molecule has 0 saturated heterocycles. The number of carboxylic acid groups (broad SMARTS) is 1. The van der Waals surface area contributed by atoms with E-state index >= 15 is 0 Å². The first-order chi connectivity index (χ1) is 10.4. The summed E-state index contributed by atoms with van der Waals surface area (Å²) in [7, 11) is 0. The van der Waals surface area contributed by atoms with Gasteiger partial charge >= 0.3 is 0 Å². The molecule has 2 rings (SSSR count). The summed E-state index contributed by atoms with van der Waals surface area (Å²) in [5, 5.41) is 20.8. The number of nitriles is 1. The number of carbonyl (C=O) groups is 1. The predicted octanol–water partition coefficient (Wildman–Crippen LogP) is 2.39. The monoisotopic (exact) mass is 315 g/mol. The van der Waals surface area contributed by atoms with Gasteiger partial charge in [0, 0.05) is 5.56 Å². The molecule has 0 unspecified atom stereocenters. The molecule has 0 aliphatic heterocycles. The number of aryl methyl sites for hydroxylation is 1. The lowest BCUT2D eigenvalue weighted by atomic mass is 10.1. The molecular formula is C16H15N2O3S-. The largest absolute Gasteiger partial charge is 0.544 e. The van der Waals surface area contributed by atoms with Crippen LogP contribution in [0, 0.1) is 24.2 Å². The van der Waals surface area contributed by atoms with E-state index < -0.39 is 5.97 Å². The van der Waals surface area contributed by atoms with Crippen LogP contribution in [-0.4, -0.2) is 17.6 Å². The Hall–Kier alpha value is -2.39. The Morgan fingerprint density at radius 3 is 2.77 bits per heavy atom. The molecule has 1 heterocycles. The van der Waals surface area contributed by atoms with Crippen LogP contribution in [0.1, 0.15) is 34.8 Å². The number of nitrogens with zero attached hydrogens (tertiary/aromatic N) is 2. The molecule has 0 bridgehead atoms. The molecule has 0 N–H and O–H groups in total. The van der Waals surface area contributed by atoms with Gasteiger partial charge in [-0.25, -0.2) is 4.98 Å². The maximum atomic E-state index is 11.0. The number of aromatic nitrogens is 1. The van der Waals surface area contributed by atoms with Gasteiger partial charge in [0.2, 0.25) is 0 Å². The van der Waals surface area contributed by atoms with E-state index in [4.69, 9.17) is 4.74 Å². The van der Waals surface area contributed by atoms with E-state index in [1.165, 1.54) is 0 Å². The van der Waals surface area contributed by atoms with Gasteiger partial charge in [0.05, 0.1) is 28.7 Å². The van der Waals surface area contributed by atoms with E-state index in [1.54, 1.807) is 25.1 Å². The summed E-state index contributed by atoms with van der Waals surface area (Å²) in [6.07, 6.45) is 0. The molecule has 1 aromatic heterocycles. The third kappa shape index (κ3) is 3.43. The van der Waals surface area contributed by atoms with Crippen molar-refractivity contribution in [1.29, 1.82) is 5.26 Å². The van der Waals surface area contributed by atoms with Crippen molar-refractivity contribution in [3.63, 3.8) is 0 Å². The molecule has 6 heteroatoms. The number of hydrogen-bond donors (Lipinski definition) is 0. The van der Waals surface area contributed by atoms with Crippen LogP contribution in [0.4, 0.5) is 0 Å². The number of carbonyl (C=O) groups excluding carboxylic acids is 1. The van der Waals surface area contributed by atoms with Gasteiger partial charge in [0.1, 0.15) is 16.8 Å². The molecule has 0 aliphatic rings. The van der Waals surface area contributed by atoms with E-state index in [1.807, 2.05) is 13.8 Å². The molecule has 0 radical (unpaired) electrons. The summed E-state index contributed by atoms with van der Waals surface area (Å²) in [5.41, 5.74) is 1.51. The van der Waals surface area contributed by atoms with Crippen LogP contribution in [0.25, 0.3) is 10.6 Å². The van der Waals surface area contributed by atoms with Gasteiger partial charge in [-0.2, -0.15) is 5.26 Å². The van der Waals surface area contributed by atoms with Gasteiger partial charge in [-0.05, 0) is 31.0 Å². The van der Waals surface area contributed by atoms with Gasteiger partial charge in [-0.3, -0.25) is 0 Å². The summed E-state index contributed by atoms with van der Waals surface area (Å²) >= 11 is 1.04. The molecule has 0 spiro atoms. The topological polar surface area (TPSA) is 86.0 Å². The lowest BCUT2D eigenvalue weighted by Gasteiger charge is -2.10. The number of thiazole rings is 1. The average molecular weight is 315 g/mol. The zero-order valence-corrected chi connectivity index (χ0v) is 13.4. The molecular weight excluding hydrogens is 300 g/mol. The molecule has 5 nitrogen and oxygen atoms in total. The third-order valence-electron chi connectivity index (χ3n) is 2.90. The zero-order chi connectivity index (χ0) is 16.3. The van der Waals surface area contributed by atoms with Crippen molar-refractivity contribution in [3.05, 3.63) is 34.3 Å². The lowest BCUT2D eigenvalue weighted by molar-refractivity contribution is -0.254. The first-order valence-corrected chi connectivity index (χ1v) is 7.60. The van der Waals surface area contributed by atoms with Gasteiger partial charge in [0.15, 0.2) is 0 Å². The maximum Gasteiger partial charge on any atom is 0.137 e. The summed E-state index contributed by atoms with van der Waals surface area (Å²) in [6.45, 7) is 6.20. The second-order valence-electron chi connectivity index (χ2n) is 5.25. The Morgan fingerprint density at radius 2 is 2.23 bits per heavy atom. The summed E-state index contributed by atoms with van der Waals surface area (Å²) in [5.74, 6) is -0.356. The molecule has 2 aromatic rings. The zero-order valence-electron chi connectivity index (χ0n) is 12.5.